The Hall–Kier alpha value is -1.56. The van der Waals surface area contributed by atoms with Gasteiger partial charge in [-0.25, -0.2) is 4.39 Å². The molecule has 0 aromatic rings. The molecule has 0 heterocycles. The van der Waals surface area contributed by atoms with Crippen LogP contribution in [0.1, 0.15) is 72.6 Å². The number of alkyl halides is 1. The van der Waals surface area contributed by atoms with Crippen LogP contribution in [-0.4, -0.2) is 40.0 Å². The van der Waals surface area contributed by atoms with Gasteiger partial charge in [0.05, 0.1) is 6.10 Å². The Labute approximate surface area is 171 Å². The van der Waals surface area contributed by atoms with Crippen LogP contribution in [0, 0.1) is 22.7 Å². The average molecular weight is 406 g/mol. The fraction of sp³-hybridized carbons (Fsp3) is 0.783. The largest absolute Gasteiger partial charge is 0.451 e. The Morgan fingerprint density at radius 3 is 2.45 bits per heavy atom. The SMILES string of the molecule is CC(=O)O[C@]1(C(C)=O)CC[C@H]2[C@@H]3CCC4=CC(=O)CC[C@]4(C)[C@@]3(F)C(O)C[C@@]21C. The number of halogens is 1. The Morgan fingerprint density at radius 2 is 1.83 bits per heavy atom. The van der Waals surface area contributed by atoms with E-state index in [0.717, 1.165) is 5.57 Å². The fourth-order valence-corrected chi connectivity index (χ4v) is 7.62. The molecule has 3 fully saturated rings. The summed E-state index contributed by atoms with van der Waals surface area (Å²) >= 11 is 0. The number of ether oxygens (including phenoxy) is 1. The molecule has 7 atom stereocenters. The van der Waals surface area contributed by atoms with E-state index in [1.54, 1.807) is 6.08 Å². The molecule has 4 aliphatic rings. The number of rotatable bonds is 2. The van der Waals surface area contributed by atoms with Gasteiger partial charge in [0.15, 0.2) is 17.2 Å². The topological polar surface area (TPSA) is 80.7 Å². The molecule has 4 rings (SSSR count). The number of Topliss-reactive ketones (excluding diaryl/α,β-unsaturated/α-hetero) is 1. The van der Waals surface area contributed by atoms with E-state index in [-0.39, 0.29) is 30.3 Å². The maximum absolute atomic E-state index is 17.0. The lowest BCUT2D eigenvalue weighted by Crippen LogP contribution is -2.69. The minimum Gasteiger partial charge on any atom is -0.451 e. The number of ketones is 2. The average Bonchev–Trinajstić information content (AvgIpc) is 2.90. The van der Waals surface area contributed by atoms with Crippen LogP contribution in [0.3, 0.4) is 0 Å². The third-order valence-electron chi connectivity index (χ3n) is 9.05. The lowest BCUT2D eigenvalue weighted by Gasteiger charge is -2.63. The van der Waals surface area contributed by atoms with Crippen molar-refractivity contribution in [3.8, 4) is 0 Å². The van der Waals surface area contributed by atoms with Crippen LogP contribution in [-0.2, 0) is 19.1 Å². The van der Waals surface area contributed by atoms with Gasteiger partial charge >= 0.3 is 5.97 Å². The van der Waals surface area contributed by atoms with Crippen LogP contribution in [0.15, 0.2) is 11.6 Å². The minimum absolute atomic E-state index is 0.0287. The van der Waals surface area contributed by atoms with Gasteiger partial charge in [-0.05, 0) is 57.4 Å². The smallest absolute Gasteiger partial charge is 0.303 e. The summed E-state index contributed by atoms with van der Waals surface area (Å²) in [5.41, 5.74) is -4.05. The predicted molar refractivity (Wildman–Crippen MR) is 104 cm³/mol. The van der Waals surface area contributed by atoms with Gasteiger partial charge in [0.25, 0.3) is 0 Å². The van der Waals surface area contributed by atoms with Crippen molar-refractivity contribution in [3.63, 3.8) is 0 Å². The van der Waals surface area contributed by atoms with E-state index >= 15 is 4.39 Å². The number of carbonyl (C=O) groups is 3. The molecule has 3 saturated carbocycles. The van der Waals surface area contributed by atoms with Gasteiger partial charge in [-0.2, -0.15) is 0 Å². The summed E-state index contributed by atoms with van der Waals surface area (Å²) in [5.74, 6) is -1.35. The summed E-state index contributed by atoms with van der Waals surface area (Å²) in [6, 6.07) is 0. The van der Waals surface area contributed by atoms with Crippen LogP contribution in [0.25, 0.3) is 0 Å². The minimum atomic E-state index is -1.86. The molecule has 0 spiro atoms. The molecule has 0 aliphatic heterocycles. The number of allylic oxidation sites excluding steroid dienone is 1. The van der Waals surface area contributed by atoms with Crippen molar-refractivity contribution >= 4 is 17.5 Å². The van der Waals surface area contributed by atoms with Crippen LogP contribution >= 0.6 is 0 Å². The van der Waals surface area contributed by atoms with Gasteiger partial charge < -0.3 is 9.84 Å². The summed E-state index contributed by atoms with van der Waals surface area (Å²) in [4.78, 5) is 36.6. The Bertz CT molecular complexity index is 820. The molecule has 0 amide bonds. The highest BCUT2D eigenvalue weighted by atomic mass is 19.1. The van der Waals surface area contributed by atoms with E-state index < -0.39 is 40.1 Å². The summed E-state index contributed by atoms with van der Waals surface area (Å²) in [7, 11) is 0. The van der Waals surface area contributed by atoms with Crippen molar-refractivity contribution in [2.75, 3.05) is 0 Å². The molecule has 29 heavy (non-hydrogen) atoms. The second kappa shape index (κ2) is 6.22. The molecule has 0 bridgehead atoms. The molecule has 1 unspecified atom stereocenters. The van der Waals surface area contributed by atoms with E-state index in [2.05, 4.69) is 0 Å². The van der Waals surface area contributed by atoms with Gasteiger partial charge in [0.1, 0.15) is 5.67 Å². The Balaban J connectivity index is 1.81. The molecule has 0 aromatic carbocycles. The lowest BCUT2D eigenvalue weighted by molar-refractivity contribution is -0.231. The molecule has 0 saturated heterocycles. The summed E-state index contributed by atoms with van der Waals surface area (Å²) < 4.78 is 22.6. The van der Waals surface area contributed by atoms with Crippen molar-refractivity contribution < 1.29 is 28.6 Å². The van der Waals surface area contributed by atoms with E-state index in [1.807, 2.05) is 13.8 Å². The van der Waals surface area contributed by atoms with Crippen LogP contribution < -0.4 is 0 Å². The molecule has 0 radical (unpaired) electrons. The molecule has 5 nitrogen and oxygen atoms in total. The van der Waals surface area contributed by atoms with Crippen molar-refractivity contribution in [3.05, 3.63) is 11.6 Å². The number of hydrogen-bond acceptors (Lipinski definition) is 5. The standard InChI is InChI=1S/C23H31FO5/c1-13(25)22(29-14(2)26)10-8-17-18-6-5-15-11-16(27)7-9-20(15,3)23(18,24)19(28)12-21(17,22)4/h11,17-19,28H,5-10,12H2,1-4H3/t17-,18-,19?,20-,21-,22-,23-/m0/s1. The summed E-state index contributed by atoms with van der Waals surface area (Å²) in [6.07, 6.45) is 3.15. The van der Waals surface area contributed by atoms with Crippen molar-refractivity contribution in [1.82, 2.24) is 0 Å². The summed E-state index contributed by atoms with van der Waals surface area (Å²) in [6.45, 7) is 6.45. The van der Waals surface area contributed by atoms with Gasteiger partial charge in [-0.1, -0.05) is 19.4 Å². The number of hydrogen-bond donors (Lipinski definition) is 1. The highest BCUT2D eigenvalue weighted by Gasteiger charge is 2.75. The Morgan fingerprint density at radius 1 is 1.14 bits per heavy atom. The zero-order valence-corrected chi connectivity index (χ0v) is 17.7. The first-order valence-electron chi connectivity index (χ1n) is 10.7. The van der Waals surface area contributed by atoms with Crippen molar-refractivity contribution in [2.24, 2.45) is 22.7 Å². The van der Waals surface area contributed by atoms with Gasteiger partial charge in [0, 0.05) is 30.1 Å². The van der Waals surface area contributed by atoms with Crippen molar-refractivity contribution in [2.45, 2.75) is 90.0 Å². The number of aliphatic hydroxyl groups is 1. The maximum atomic E-state index is 17.0. The number of aliphatic hydroxyl groups excluding tert-OH is 1. The second-order valence-corrected chi connectivity index (χ2v) is 10.1. The Kier molecular flexibility index (Phi) is 4.44. The molecule has 4 aliphatic carbocycles. The first kappa shape index (κ1) is 20.7. The van der Waals surface area contributed by atoms with E-state index in [0.29, 0.717) is 32.1 Å². The number of esters is 1. The first-order valence-corrected chi connectivity index (χ1v) is 10.7. The molecule has 6 heteroatoms. The zero-order chi connectivity index (χ0) is 21.4. The molecular formula is C23H31FO5. The highest BCUT2D eigenvalue weighted by molar-refractivity contribution is 5.92. The van der Waals surface area contributed by atoms with Crippen molar-refractivity contribution in [1.29, 1.82) is 0 Å². The third-order valence-corrected chi connectivity index (χ3v) is 9.05. The first-order chi connectivity index (χ1) is 13.4. The second-order valence-electron chi connectivity index (χ2n) is 10.1. The monoisotopic (exact) mass is 406 g/mol. The number of carbonyl (C=O) groups excluding carboxylic acids is 3. The molecule has 1 N–H and O–H groups in total. The highest BCUT2D eigenvalue weighted by Crippen LogP contribution is 2.70. The molecular weight excluding hydrogens is 375 g/mol. The molecule has 0 aromatic heterocycles. The molecule has 160 valence electrons. The lowest BCUT2D eigenvalue weighted by atomic mass is 9.44. The fourth-order valence-electron chi connectivity index (χ4n) is 7.62. The zero-order valence-electron chi connectivity index (χ0n) is 17.7. The van der Waals surface area contributed by atoms with Gasteiger partial charge in [-0.15, -0.1) is 0 Å². The van der Waals surface area contributed by atoms with E-state index in [9.17, 15) is 19.5 Å². The summed E-state index contributed by atoms with van der Waals surface area (Å²) in [5, 5.41) is 11.3. The third kappa shape index (κ3) is 2.38. The van der Waals surface area contributed by atoms with Gasteiger partial charge in [-0.3, -0.25) is 14.4 Å². The van der Waals surface area contributed by atoms with Crippen LogP contribution in [0.4, 0.5) is 4.39 Å². The normalized spacial score (nSPS) is 48.8. The van der Waals surface area contributed by atoms with Crippen LogP contribution in [0.5, 0.6) is 0 Å². The van der Waals surface area contributed by atoms with Gasteiger partial charge in [0.2, 0.25) is 0 Å². The predicted octanol–water partition coefficient (Wildman–Crippen LogP) is 3.47. The maximum Gasteiger partial charge on any atom is 0.303 e. The van der Waals surface area contributed by atoms with E-state index in [1.165, 1.54) is 13.8 Å². The quantitative estimate of drug-likeness (QED) is 0.710. The number of fused-ring (bicyclic) bond motifs is 5. The van der Waals surface area contributed by atoms with Crippen LogP contribution in [0.2, 0.25) is 0 Å². The van der Waals surface area contributed by atoms with E-state index in [4.69, 9.17) is 4.74 Å².